The van der Waals surface area contributed by atoms with Crippen LogP contribution >= 0.6 is 0 Å². The van der Waals surface area contributed by atoms with Crippen molar-refractivity contribution in [3.63, 3.8) is 0 Å². The molecule has 1 aliphatic rings. The van der Waals surface area contributed by atoms with Crippen LogP contribution in [0.4, 0.5) is 5.69 Å². The molecule has 1 fully saturated rings. The topological polar surface area (TPSA) is 62.3 Å². The van der Waals surface area contributed by atoms with Crippen molar-refractivity contribution in [2.75, 3.05) is 18.9 Å². The Labute approximate surface area is 127 Å². The van der Waals surface area contributed by atoms with Crippen molar-refractivity contribution in [3.05, 3.63) is 18.3 Å². The molecule has 6 heteroatoms. The molecule has 0 aromatic carbocycles. The van der Waals surface area contributed by atoms with E-state index in [0.29, 0.717) is 12.2 Å². The summed E-state index contributed by atoms with van der Waals surface area (Å²) in [4.78, 5) is 4.12. The Kier molecular flexibility index (Phi) is 5.58. The second-order valence-electron chi connectivity index (χ2n) is 5.55. The highest BCUT2D eigenvalue weighted by atomic mass is 32.2. The Morgan fingerprint density at radius 1 is 1.29 bits per heavy atom. The monoisotopic (exact) mass is 311 g/mol. The number of aromatic nitrogens is 1. The fourth-order valence-electron chi connectivity index (χ4n) is 2.88. The van der Waals surface area contributed by atoms with E-state index < -0.39 is 10.0 Å². The number of hydrogen-bond donors (Lipinski definition) is 1. The van der Waals surface area contributed by atoms with Crippen LogP contribution in [0.2, 0.25) is 0 Å². The molecular weight excluding hydrogens is 286 g/mol. The number of sulfonamides is 1. The summed E-state index contributed by atoms with van der Waals surface area (Å²) in [6.45, 7) is 2.61. The molecule has 1 heterocycles. The normalized spacial score (nSPS) is 17.7. The number of nitrogens with one attached hydrogen (secondary N) is 1. The predicted octanol–water partition coefficient (Wildman–Crippen LogP) is 2.86. The van der Waals surface area contributed by atoms with Crippen LogP contribution in [0.5, 0.6) is 0 Å². The number of rotatable bonds is 5. The number of hydrogen-bond acceptors (Lipinski definition) is 4. The summed E-state index contributed by atoms with van der Waals surface area (Å²) in [5.41, 5.74) is 0.584. The maximum atomic E-state index is 12.9. The first-order valence-corrected chi connectivity index (χ1v) is 9.18. The average Bonchev–Trinajstić information content (AvgIpc) is 2.76. The molecule has 21 heavy (non-hydrogen) atoms. The van der Waals surface area contributed by atoms with Gasteiger partial charge in [-0.2, -0.15) is 4.31 Å². The number of anilines is 1. The Hall–Kier alpha value is -1.14. The molecule has 1 N–H and O–H groups in total. The van der Waals surface area contributed by atoms with E-state index in [1.807, 2.05) is 6.92 Å². The van der Waals surface area contributed by atoms with Gasteiger partial charge in [-0.3, -0.25) is 0 Å². The van der Waals surface area contributed by atoms with Gasteiger partial charge >= 0.3 is 0 Å². The third kappa shape index (κ3) is 3.74. The highest BCUT2D eigenvalue weighted by Gasteiger charge is 2.31. The molecule has 0 saturated heterocycles. The molecule has 2 rings (SSSR count). The first-order valence-electron chi connectivity index (χ1n) is 7.74. The summed E-state index contributed by atoms with van der Waals surface area (Å²) < 4.78 is 27.3. The van der Waals surface area contributed by atoms with Crippen LogP contribution in [0.3, 0.4) is 0 Å². The molecule has 118 valence electrons. The lowest BCUT2D eigenvalue weighted by Crippen LogP contribution is -2.37. The summed E-state index contributed by atoms with van der Waals surface area (Å²) >= 11 is 0. The summed E-state index contributed by atoms with van der Waals surface area (Å²) in [5, 5.41) is 3.22. The first-order chi connectivity index (χ1) is 10.1. The van der Waals surface area contributed by atoms with Crippen molar-refractivity contribution in [2.24, 2.45) is 0 Å². The molecule has 0 bridgehead atoms. The smallest absolute Gasteiger partial charge is 0.262 e. The highest BCUT2D eigenvalue weighted by Crippen LogP contribution is 2.27. The molecule has 0 amide bonds. The van der Waals surface area contributed by atoms with E-state index in [1.54, 1.807) is 19.2 Å². The van der Waals surface area contributed by atoms with E-state index in [0.717, 1.165) is 25.7 Å². The Bertz CT molecular complexity index is 552. The molecule has 0 aliphatic heterocycles. The molecule has 0 spiro atoms. The molecule has 0 radical (unpaired) electrons. The van der Waals surface area contributed by atoms with Gasteiger partial charge < -0.3 is 5.32 Å². The third-order valence-corrected chi connectivity index (χ3v) is 5.97. The lowest BCUT2D eigenvalue weighted by Gasteiger charge is -2.26. The van der Waals surface area contributed by atoms with Crippen molar-refractivity contribution >= 4 is 15.7 Å². The largest absolute Gasteiger partial charge is 0.383 e. The summed E-state index contributed by atoms with van der Waals surface area (Å²) in [7, 11) is -1.86. The fraction of sp³-hybridized carbons (Fsp3) is 0.667. The zero-order chi connectivity index (χ0) is 15.3. The van der Waals surface area contributed by atoms with Crippen molar-refractivity contribution in [1.29, 1.82) is 0 Å². The molecule has 0 unspecified atom stereocenters. The molecule has 1 aromatic rings. The third-order valence-electron chi connectivity index (χ3n) is 4.10. The van der Waals surface area contributed by atoms with Crippen molar-refractivity contribution in [2.45, 2.75) is 56.5 Å². The minimum atomic E-state index is -3.55. The molecule has 0 atom stereocenters. The lowest BCUT2D eigenvalue weighted by molar-refractivity contribution is 0.335. The summed E-state index contributed by atoms with van der Waals surface area (Å²) in [6.07, 6.45) is 8.04. The van der Waals surface area contributed by atoms with Gasteiger partial charge in [-0.05, 0) is 31.9 Å². The van der Waals surface area contributed by atoms with E-state index in [2.05, 4.69) is 10.3 Å². The molecule has 1 saturated carbocycles. The van der Waals surface area contributed by atoms with Crippen LogP contribution in [0.25, 0.3) is 0 Å². The van der Waals surface area contributed by atoms with E-state index in [4.69, 9.17) is 0 Å². The zero-order valence-corrected chi connectivity index (χ0v) is 13.7. The lowest BCUT2D eigenvalue weighted by atomic mass is 10.1. The maximum Gasteiger partial charge on any atom is 0.262 e. The minimum Gasteiger partial charge on any atom is -0.383 e. The Morgan fingerprint density at radius 3 is 2.57 bits per heavy atom. The van der Waals surface area contributed by atoms with Gasteiger partial charge in [0.15, 0.2) is 5.03 Å². The van der Waals surface area contributed by atoms with Crippen molar-refractivity contribution in [1.82, 2.24) is 9.29 Å². The van der Waals surface area contributed by atoms with Gasteiger partial charge in [0.2, 0.25) is 0 Å². The molecular formula is C15H25N3O2S. The maximum absolute atomic E-state index is 12.9. The van der Waals surface area contributed by atoms with Crippen molar-refractivity contribution in [3.8, 4) is 0 Å². The average molecular weight is 311 g/mol. The number of nitrogens with zero attached hydrogens (tertiary/aromatic N) is 2. The van der Waals surface area contributed by atoms with E-state index in [-0.39, 0.29) is 11.1 Å². The quantitative estimate of drug-likeness (QED) is 0.849. The van der Waals surface area contributed by atoms with Crippen LogP contribution in [-0.2, 0) is 10.0 Å². The van der Waals surface area contributed by atoms with Crippen LogP contribution in [0.1, 0.15) is 45.4 Å². The van der Waals surface area contributed by atoms with Gasteiger partial charge in [0.1, 0.15) is 0 Å². The van der Waals surface area contributed by atoms with E-state index in [1.165, 1.54) is 23.3 Å². The van der Waals surface area contributed by atoms with Crippen molar-refractivity contribution < 1.29 is 8.42 Å². The highest BCUT2D eigenvalue weighted by molar-refractivity contribution is 7.89. The second kappa shape index (κ2) is 7.22. The molecule has 1 aromatic heterocycles. The zero-order valence-electron chi connectivity index (χ0n) is 12.9. The second-order valence-corrected chi connectivity index (χ2v) is 7.47. The van der Waals surface area contributed by atoms with Gasteiger partial charge in [-0.1, -0.05) is 25.7 Å². The summed E-state index contributed by atoms with van der Waals surface area (Å²) in [5.74, 6) is 0. The molecule has 5 nitrogen and oxygen atoms in total. The van der Waals surface area contributed by atoms with Crippen LogP contribution in [0, 0.1) is 0 Å². The fourth-order valence-corrected chi connectivity index (χ4v) is 4.36. The summed E-state index contributed by atoms with van der Waals surface area (Å²) in [6, 6.07) is 3.61. The Morgan fingerprint density at radius 2 is 1.95 bits per heavy atom. The minimum absolute atomic E-state index is 0.0917. The van der Waals surface area contributed by atoms with E-state index in [9.17, 15) is 8.42 Å². The van der Waals surface area contributed by atoms with Gasteiger partial charge in [-0.15, -0.1) is 0 Å². The van der Waals surface area contributed by atoms with Gasteiger partial charge in [0.05, 0.1) is 5.69 Å². The van der Waals surface area contributed by atoms with Crippen LogP contribution in [0.15, 0.2) is 23.4 Å². The Balaban J connectivity index is 2.28. The van der Waals surface area contributed by atoms with Crippen LogP contribution in [-0.4, -0.2) is 37.3 Å². The van der Waals surface area contributed by atoms with Crippen LogP contribution < -0.4 is 5.32 Å². The van der Waals surface area contributed by atoms with Gasteiger partial charge in [0, 0.05) is 25.8 Å². The standard InChI is InChI=1S/C15H25N3O2S/c1-3-16-14-11-8-12-17-15(14)21(19,20)18(2)13-9-6-4-5-7-10-13/h8,11-13,16H,3-7,9-10H2,1-2H3. The van der Waals surface area contributed by atoms with Gasteiger partial charge in [-0.25, -0.2) is 13.4 Å². The van der Waals surface area contributed by atoms with Gasteiger partial charge in [0.25, 0.3) is 10.0 Å². The SMILES string of the molecule is CCNc1cccnc1S(=O)(=O)N(C)C1CCCCCC1. The molecule has 1 aliphatic carbocycles. The first kappa shape index (κ1) is 16.2. The van der Waals surface area contributed by atoms with E-state index >= 15 is 0 Å². The predicted molar refractivity (Wildman–Crippen MR) is 84.8 cm³/mol. The number of pyridine rings is 1.